The van der Waals surface area contributed by atoms with Crippen LogP contribution in [0.2, 0.25) is 0 Å². The first-order valence-electron chi connectivity index (χ1n) is 11.3. The van der Waals surface area contributed by atoms with Crippen molar-refractivity contribution < 1.29 is 19.1 Å². The zero-order valence-electron chi connectivity index (χ0n) is 17.8. The molecule has 6 heteroatoms. The van der Waals surface area contributed by atoms with E-state index in [1.807, 2.05) is 18.2 Å². The second-order valence-electron chi connectivity index (χ2n) is 9.06. The van der Waals surface area contributed by atoms with Gasteiger partial charge in [0.25, 0.3) is 5.91 Å². The summed E-state index contributed by atoms with van der Waals surface area (Å²) >= 11 is 0. The highest BCUT2D eigenvalue weighted by atomic mass is 16.5. The van der Waals surface area contributed by atoms with Crippen molar-refractivity contribution in [3.63, 3.8) is 0 Å². The minimum Gasteiger partial charge on any atom is -0.452 e. The van der Waals surface area contributed by atoms with Crippen LogP contribution in [0, 0.1) is 17.8 Å². The van der Waals surface area contributed by atoms with Crippen LogP contribution in [0.25, 0.3) is 0 Å². The lowest BCUT2D eigenvalue weighted by Crippen LogP contribution is -2.51. The van der Waals surface area contributed by atoms with Crippen molar-refractivity contribution in [1.29, 1.82) is 0 Å². The summed E-state index contributed by atoms with van der Waals surface area (Å²) in [7, 11) is 0. The van der Waals surface area contributed by atoms with Crippen molar-refractivity contribution in [3.8, 4) is 0 Å². The molecule has 2 aliphatic carbocycles. The van der Waals surface area contributed by atoms with Gasteiger partial charge in [0.15, 0.2) is 6.10 Å². The number of hydrogen-bond donors (Lipinski definition) is 0. The first-order chi connectivity index (χ1) is 14.5. The number of ether oxygens (including phenoxy) is 1. The van der Waals surface area contributed by atoms with E-state index in [9.17, 15) is 14.4 Å². The number of hydrogen-bond acceptors (Lipinski definition) is 5. The molecule has 0 N–H and O–H groups in total. The topological polar surface area (TPSA) is 66.9 Å². The first kappa shape index (κ1) is 21.0. The fraction of sp³-hybridized carbons (Fsp3) is 0.625. The summed E-state index contributed by atoms with van der Waals surface area (Å²) < 4.78 is 5.57. The zero-order valence-corrected chi connectivity index (χ0v) is 17.8. The van der Waals surface area contributed by atoms with Gasteiger partial charge < -0.3 is 9.64 Å². The number of carbonyl (C=O) groups excluding carboxylic acids is 3. The molecule has 0 aromatic heterocycles. The number of fused-ring (bicyclic) bond motifs is 2. The third-order valence-corrected chi connectivity index (χ3v) is 6.95. The Hall–Kier alpha value is -2.21. The maximum atomic E-state index is 12.8. The van der Waals surface area contributed by atoms with Crippen LogP contribution >= 0.6 is 0 Å². The molecule has 0 radical (unpaired) electrons. The second-order valence-corrected chi connectivity index (χ2v) is 9.06. The molecule has 1 aromatic carbocycles. The maximum Gasteiger partial charge on any atom is 0.309 e. The lowest BCUT2D eigenvalue weighted by molar-refractivity contribution is -0.166. The third kappa shape index (κ3) is 4.75. The van der Waals surface area contributed by atoms with E-state index in [1.165, 1.54) is 5.56 Å². The van der Waals surface area contributed by atoms with Crippen LogP contribution in [0.4, 0.5) is 0 Å². The molecule has 1 aliphatic heterocycles. The van der Waals surface area contributed by atoms with Crippen LogP contribution in [-0.4, -0.2) is 59.7 Å². The van der Waals surface area contributed by atoms with Crippen LogP contribution < -0.4 is 0 Å². The molecule has 3 fully saturated rings. The second kappa shape index (κ2) is 9.29. The van der Waals surface area contributed by atoms with E-state index in [2.05, 4.69) is 17.0 Å². The predicted molar refractivity (Wildman–Crippen MR) is 112 cm³/mol. The lowest BCUT2D eigenvalue weighted by atomic mass is 9.67. The molecule has 1 aromatic rings. The zero-order chi connectivity index (χ0) is 21.1. The standard InChI is InChI=1S/C24H32N2O4/c1-17(30-24(29)21-14-19-8-5-9-20(15-21)22(19)27)23(28)26-12-10-25(11-13-26)16-18-6-3-2-4-7-18/h2-4,6-7,17,19-21H,5,8-16H2,1H3. The average Bonchev–Trinajstić information content (AvgIpc) is 2.74. The number of piperazine rings is 1. The Kier molecular flexibility index (Phi) is 6.52. The highest BCUT2D eigenvalue weighted by Crippen LogP contribution is 2.40. The van der Waals surface area contributed by atoms with Crippen molar-refractivity contribution in [1.82, 2.24) is 9.80 Å². The highest BCUT2D eigenvalue weighted by Gasteiger charge is 2.42. The number of esters is 1. The quantitative estimate of drug-likeness (QED) is 0.696. The molecule has 3 atom stereocenters. The summed E-state index contributed by atoms with van der Waals surface area (Å²) in [5, 5.41) is 0. The molecule has 1 heterocycles. The molecule has 4 rings (SSSR count). The first-order valence-corrected chi connectivity index (χ1v) is 11.3. The maximum absolute atomic E-state index is 12.8. The van der Waals surface area contributed by atoms with Gasteiger partial charge in [-0.1, -0.05) is 36.8 Å². The predicted octanol–water partition coefficient (Wildman–Crippen LogP) is 2.66. The van der Waals surface area contributed by atoms with Crippen LogP contribution in [-0.2, 0) is 25.7 Å². The summed E-state index contributed by atoms with van der Waals surface area (Å²) in [4.78, 5) is 41.9. The normalized spacial score (nSPS) is 28.1. The van der Waals surface area contributed by atoms with Gasteiger partial charge in [0.2, 0.25) is 0 Å². The van der Waals surface area contributed by atoms with Crippen molar-refractivity contribution in [2.24, 2.45) is 17.8 Å². The number of Topliss-reactive ketones (excluding diaryl/α,β-unsaturated/α-hetero) is 1. The Morgan fingerprint density at radius 1 is 1.03 bits per heavy atom. The van der Waals surface area contributed by atoms with Crippen molar-refractivity contribution in [2.75, 3.05) is 26.2 Å². The fourth-order valence-corrected chi connectivity index (χ4v) is 5.22. The highest BCUT2D eigenvalue weighted by molar-refractivity contribution is 5.88. The van der Waals surface area contributed by atoms with E-state index in [0.29, 0.717) is 31.7 Å². The molecule has 1 amide bonds. The molecule has 2 bridgehead atoms. The molecule has 0 spiro atoms. The van der Waals surface area contributed by atoms with E-state index >= 15 is 0 Å². The van der Waals surface area contributed by atoms with Gasteiger partial charge in [-0.15, -0.1) is 0 Å². The van der Waals surface area contributed by atoms with Gasteiger partial charge in [0.1, 0.15) is 5.78 Å². The third-order valence-electron chi connectivity index (χ3n) is 6.95. The Labute approximate surface area is 178 Å². The van der Waals surface area contributed by atoms with Crippen LogP contribution in [0.1, 0.15) is 44.6 Å². The monoisotopic (exact) mass is 412 g/mol. The molecule has 162 valence electrons. The summed E-state index contributed by atoms with van der Waals surface area (Å²) in [5.74, 6) is -0.297. The van der Waals surface area contributed by atoms with Crippen LogP contribution in [0.5, 0.6) is 0 Å². The summed E-state index contributed by atoms with van der Waals surface area (Å²) in [6.07, 6.45) is 3.27. The van der Waals surface area contributed by atoms with E-state index in [4.69, 9.17) is 4.74 Å². The van der Waals surface area contributed by atoms with Gasteiger partial charge >= 0.3 is 5.97 Å². The van der Waals surface area contributed by atoms with Crippen LogP contribution in [0.3, 0.4) is 0 Å². The molecule has 1 saturated heterocycles. The molecular weight excluding hydrogens is 380 g/mol. The molecule has 30 heavy (non-hydrogen) atoms. The Morgan fingerprint density at radius 2 is 1.67 bits per heavy atom. The van der Waals surface area contributed by atoms with E-state index < -0.39 is 6.10 Å². The minimum absolute atomic E-state index is 0.0127. The van der Waals surface area contributed by atoms with Crippen molar-refractivity contribution in [3.05, 3.63) is 35.9 Å². The molecule has 3 aliphatic rings. The Morgan fingerprint density at radius 3 is 2.30 bits per heavy atom. The number of rotatable bonds is 5. The summed E-state index contributed by atoms with van der Waals surface area (Å²) in [6.45, 7) is 5.48. The number of ketones is 1. The smallest absolute Gasteiger partial charge is 0.309 e. The SMILES string of the molecule is CC(OC(=O)C1CC2CCCC(C1)C2=O)C(=O)N1CCN(Cc2ccccc2)CC1. The minimum atomic E-state index is -0.768. The average molecular weight is 413 g/mol. The largest absolute Gasteiger partial charge is 0.452 e. The lowest BCUT2D eigenvalue weighted by Gasteiger charge is -2.37. The number of amides is 1. The van der Waals surface area contributed by atoms with Gasteiger partial charge in [-0.05, 0) is 38.2 Å². The Balaban J connectivity index is 1.24. The Bertz CT molecular complexity index is 757. The summed E-state index contributed by atoms with van der Waals surface area (Å²) in [6, 6.07) is 10.3. The number of carbonyl (C=O) groups is 3. The van der Waals surface area contributed by atoms with E-state index in [1.54, 1.807) is 11.8 Å². The van der Waals surface area contributed by atoms with Gasteiger partial charge in [0.05, 0.1) is 5.92 Å². The molecule has 2 saturated carbocycles. The molecular formula is C24H32N2O4. The molecule has 6 nitrogen and oxygen atoms in total. The van der Waals surface area contributed by atoms with E-state index in [0.717, 1.165) is 38.9 Å². The van der Waals surface area contributed by atoms with Gasteiger partial charge in [-0.25, -0.2) is 0 Å². The number of benzene rings is 1. The van der Waals surface area contributed by atoms with Gasteiger partial charge in [0, 0.05) is 44.6 Å². The fourth-order valence-electron chi connectivity index (χ4n) is 5.22. The molecule has 3 unspecified atom stereocenters. The van der Waals surface area contributed by atoms with E-state index in [-0.39, 0.29) is 29.6 Å². The van der Waals surface area contributed by atoms with Crippen molar-refractivity contribution in [2.45, 2.75) is 51.7 Å². The van der Waals surface area contributed by atoms with Crippen molar-refractivity contribution >= 4 is 17.7 Å². The van der Waals surface area contributed by atoms with Gasteiger partial charge in [-0.3, -0.25) is 19.3 Å². The number of nitrogens with zero attached hydrogens (tertiary/aromatic N) is 2. The van der Waals surface area contributed by atoms with Gasteiger partial charge in [-0.2, -0.15) is 0 Å². The van der Waals surface area contributed by atoms with Crippen LogP contribution in [0.15, 0.2) is 30.3 Å². The summed E-state index contributed by atoms with van der Waals surface area (Å²) in [5.41, 5.74) is 1.27.